The predicted octanol–water partition coefficient (Wildman–Crippen LogP) is 6.87. The summed E-state index contributed by atoms with van der Waals surface area (Å²) in [5.41, 5.74) is 1.95. The standard InChI is InChI=1S/C29H27ClN2O4S2/c1-2-36-28-11-7-6-10-27(28)32(38(34,35)26-18-14-23(30)15-19-26)20-29(33)31-24-16-12-22(13-17-24)21-37-25-8-4-3-5-9-25/h3-19H,2,20-21H2,1H3,(H,31,33). The number of ether oxygens (including phenoxy) is 1. The van der Waals surface area contributed by atoms with Crippen LogP contribution in [0.25, 0.3) is 0 Å². The highest BCUT2D eigenvalue weighted by atomic mass is 35.5. The quantitative estimate of drug-likeness (QED) is 0.201. The molecule has 0 saturated carbocycles. The first-order chi connectivity index (χ1) is 18.4. The zero-order valence-electron chi connectivity index (χ0n) is 20.7. The van der Waals surface area contributed by atoms with Crippen LogP contribution in [0.5, 0.6) is 5.75 Å². The molecule has 0 aliphatic heterocycles. The molecule has 0 bridgehead atoms. The molecule has 1 amide bonds. The first-order valence-corrected chi connectivity index (χ1v) is 14.7. The van der Waals surface area contributed by atoms with Gasteiger partial charge < -0.3 is 10.1 Å². The number of para-hydroxylation sites is 2. The fourth-order valence-corrected chi connectivity index (χ4v) is 6.11. The Labute approximate surface area is 232 Å². The van der Waals surface area contributed by atoms with Crippen LogP contribution in [-0.4, -0.2) is 27.5 Å². The number of hydrogen-bond acceptors (Lipinski definition) is 5. The van der Waals surface area contributed by atoms with Gasteiger partial charge in [0, 0.05) is 21.4 Å². The Balaban J connectivity index is 1.52. The maximum absolute atomic E-state index is 13.7. The van der Waals surface area contributed by atoms with Gasteiger partial charge in [0.2, 0.25) is 5.91 Å². The molecule has 0 saturated heterocycles. The fraction of sp³-hybridized carbons (Fsp3) is 0.138. The average Bonchev–Trinajstić information content (AvgIpc) is 2.93. The van der Waals surface area contributed by atoms with E-state index in [2.05, 4.69) is 17.4 Å². The third kappa shape index (κ3) is 7.10. The van der Waals surface area contributed by atoms with Crippen molar-refractivity contribution in [3.05, 3.63) is 114 Å². The van der Waals surface area contributed by atoms with Crippen LogP contribution in [0.2, 0.25) is 5.02 Å². The predicted molar refractivity (Wildman–Crippen MR) is 155 cm³/mol. The molecule has 6 nitrogen and oxygen atoms in total. The number of sulfonamides is 1. The van der Waals surface area contributed by atoms with E-state index < -0.39 is 22.5 Å². The van der Waals surface area contributed by atoms with Crippen LogP contribution in [0.1, 0.15) is 12.5 Å². The molecule has 0 unspecified atom stereocenters. The first kappa shape index (κ1) is 27.6. The van der Waals surface area contributed by atoms with Crippen LogP contribution in [0.4, 0.5) is 11.4 Å². The van der Waals surface area contributed by atoms with Crippen LogP contribution < -0.4 is 14.4 Å². The molecule has 0 heterocycles. The normalized spacial score (nSPS) is 11.1. The van der Waals surface area contributed by atoms with Gasteiger partial charge in [-0.3, -0.25) is 9.10 Å². The van der Waals surface area contributed by atoms with Crippen molar-refractivity contribution in [1.29, 1.82) is 0 Å². The molecule has 0 aliphatic rings. The van der Waals surface area contributed by atoms with E-state index in [9.17, 15) is 13.2 Å². The number of nitrogens with zero attached hydrogens (tertiary/aromatic N) is 1. The lowest BCUT2D eigenvalue weighted by atomic mass is 10.2. The highest BCUT2D eigenvalue weighted by Crippen LogP contribution is 2.33. The molecule has 4 rings (SSSR count). The van der Waals surface area contributed by atoms with E-state index in [1.807, 2.05) is 49.4 Å². The molecule has 0 radical (unpaired) electrons. The molecular formula is C29H27ClN2O4S2. The topological polar surface area (TPSA) is 75.7 Å². The number of benzene rings is 4. The number of carbonyl (C=O) groups excluding carboxylic acids is 1. The Kier molecular flexibility index (Phi) is 9.33. The van der Waals surface area contributed by atoms with Crippen molar-refractivity contribution in [2.24, 2.45) is 0 Å². The van der Waals surface area contributed by atoms with E-state index in [-0.39, 0.29) is 10.6 Å². The molecule has 4 aromatic rings. The summed E-state index contributed by atoms with van der Waals surface area (Å²) >= 11 is 7.69. The van der Waals surface area contributed by atoms with E-state index in [0.717, 1.165) is 15.6 Å². The number of hydrogen-bond donors (Lipinski definition) is 1. The number of rotatable bonds is 11. The van der Waals surface area contributed by atoms with Crippen molar-refractivity contribution >= 4 is 50.7 Å². The molecule has 1 N–H and O–H groups in total. The van der Waals surface area contributed by atoms with E-state index in [4.69, 9.17) is 16.3 Å². The van der Waals surface area contributed by atoms with Gasteiger partial charge in [0.15, 0.2) is 0 Å². The zero-order valence-corrected chi connectivity index (χ0v) is 23.1. The number of nitrogens with one attached hydrogen (secondary N) is 1. The SMILES string of the molecule is CCOc1ccccc1N(CC(=O)Nc1ccc(CSc2ccccc2)cc1)S(=O)(=O)c1ccc(Cl)cc1. The maximum Gasteiger partial charge on any atom is 0.264 e. The van der Waals surface area contributed by atoms with E-state index in [1.54, 1.807) is 36.0 Å². The van der Waals surface area contributed by atoms with Gasteiger partial charge in [0.05, 0.1) is 17.2 Å². The van der Waals surface area contributed by atoms with Crippen molar-refractivity contribution in [1.82, 2.24) is 0 Å². The third-order valence-electron chi connectivity index (χ3n) is 5.51. The highest BCUT2D eigenvalue weighted by molar-refractivity contribution is 7.98. The van der Waals surface area contributed by atoms with Gasteiger partial charge >= 0.3 is 0 Å². The van der Waals surface area contributed by atoms with Gasteiger partial charge in [-0.2, -0.15) is 0 Å². The number of thioether (sulfide) groups is 1. The second-order valence-electron chi connectivity index (χ2n) is 8.21. The molecule has 0 spiro atoms. The Morgan fingerprint density at radius 1 is 0.895 bits per heavy atom. The average molecular weight is 567 g/mol. The summed E-state index contributed by atoms with van der Waals surface area (Å²) in [6, 6.07) is 30.2. The van der Waals surface area contributed by atoms with Crippen LogP contribution in [-0.2, 0) is 20.6 Å². The monoisotopic (exact) mass is 566 g/mol. The second kappa shape index (κ2) is 12.9. The van der Waals surface area contributed by atoms with E-state index >= 15 is 0 Å². The smallest absolute Gasteiger partial charge is 0.264 e. The molecule has 4 aromatic carbocycles. The number of carbonyl (C=O) groups is 1. The Morgan fingerprint density at radius 3 is 2.24 bits per heavy atom. The van der Waals surface area contributed by atoms with Gasteiger partial charge in [-0.05, 0) is 73.2 Å². The largest absolute Gasteiger partial charge is 0.492 e. The maximum atomic E-state index is 13.7. The van der Waals surface area contributed by atoms with Crippen LogP contribution in [0.3, 0.4) is 0 Å². The lowest BCUT2D eigenvalue weighted by Gasteiger charge is -2.26. The second-order valence-corrected chi connectivity index (χ2v) is 11.6. The molecule has 0 aliphatic carbocycles. The van der Waals surface area contributed by atoms with Gasteiger partial charge in [-0.15, -0.1) is 11.8 Å². The first-order valence-electron chi connectivity index (χ1n) is 11.9. The van der Waals surface area contributed by atoms with Crippen molar-refractivity contribution in [2.75, 3.05) is 22.8 Å². The summed E-state index contributed by atoms with van der Waals surface area (Å²) in [6.45, 7) is 1.71. The van der Waals surface area contributed by atoms with Crippen LogP contribution in [0, 0.1) is 0 Å². The number of amides is 1. The summed E-state index contributed by atoms with van der Waals surface area (Å²) in [5, 5.41) is 3.22. The Hall–Kier alpha value is -3.46. The summed E-state index contributed by atoms with van der Waals surface area (Å²) in [5.74, 6) is 0.667. The minimum Gasteiger partial charge on any atom is -0.492 e. The molecule has 38 heavy (non-hydrogen) atoms. The van der Waals surface area contributed by atoms with Crippen molar-refractivity contribution in [3.63, 3.8) is 0 Å². The Morgan fingerprint density at radius 2 is 1.55 bits per heavy atom. The van der Waals surface area contributed by atoms with Gasteiger partial charge in [0.25, 0.3) is 10.0 Å². The van der Waals surface area contributed by atoms with Gasteiger partial charge in [-0.1, -0.05) is 54.1 Å². The molecule has 0 fully saturated rings. The summed E-state index contributed by atoms with van der Waals surface area (Å²) in [7, 11) is -4.11. The van der Waals surface area contributed by atoms with Crippen molar-refractivity contribution in [2.45, 2.75) is 22.5 Å². The summed E-state index contributed by atoms with van der Waals surface area (Å²) in [6.07, 6.45) is 0. The number of anilines is 2. The van der Waals surface area contributed by atoms with Gasteiger partial charge in [-0.25, -0.2) is 8.42 Å². The lowest BCUT2D eigenvalue weighted by molar-refractivity contribution is -0.114. The molecular weight excluding hydrogens is 540 g/mol. The molecule has 9 heteroatoms. The molecule has 0 atom stereocenters. The van der Waals surface area contributed by atoms with E-state index in [0.29, 0.717) is 23.1 Å². The summed E-state index contributed by atoms with van der Waals surface area (Å²) in [4.78, 5) is 14.3. The van der Waals surface area contributed by atoms with Crippen molar-refractivity contribution in [3.8, 4) is 5.75 Å². The fourth-order valence-electron chi connectivity index (χ4n) is 3.67. The van der Waals surface area contributed by atoms with Crippen LogP contribution in [0.15, 0.2) is 113 Å². The lowest BCUT2D eigenvalue weighted by Crippen LogP contribution is -2.38. The van der Waals surface area contributed by atoms with Crippen molar-refractivity contribution < 1.29 is 17.9 Å². The van der Waals surface area contributed by atoms with Gasteiger partial charge in [0.1, 0.15) is 12.3 Å². The minimum atomic E-state index is -4.11. The number of halogens is 1. The zero-order chi connectivity index (χ0) is 27.0. The molecule has 196 valence electrons. The van der Waals surface area contributed by atoms with Crippen LogP contribution >= 0.6 is 23.4 Å². The minimum absolute atomic E-state index is 0.0151. The van der Waals surface area contributed by atoms with E-state index in [1.165, 1.54) is 29.2 Å². The highest BCUT2D eigenvalue weighted by Gasteiger charge is 2.29. The molecule has 0 aromatic heterocycles. The Bertz CT molecular complexity index is 1460. The summed E-state index contributed by atoms with van der Waals surface area (Å²) < 4.78 is 34.1. The third-order valence-corrected chi connectivity index (χ3v) is 8.62.